The molecule has 0 atom stereocenters. The molecule has 4 bridgehead atoms. The maximum absolute atomic E-state index is 12.3. The minimum absolute atomic E-state index is 0.0178. The Balaban J connectivity index is 1.61. The van der Waals surface area contributed by atoms with Gasteiger partial charge in [0.2, 0.25) is 11.8 Å². The summed E-state index contributed by atoms with van der Waals surface area (Å²) < 4.78 is 0. The topological polar surface area (TPSA) is 75.4 Å². The molecule has 112 valence electrons. The molecule has 5 heteroatoms. The van der Waals surface area contributed by atoms with Gasteiger partial charge in [-0.05, 0) is 55.8 Å². The zero-order valence-electron chi connectivity index (χ0n) is 12.2. The van der Waals surface area contributed by atoms with Gasteiger partial charge < -0.3 is 16.0 Å². The lowest BCUT2D eigenvalue weighted by molar-refractivity contribution is -0.141. The second-order valence-corrected chi connectivity index (χ2v) is 6.91. The van der Waals surface area contributed by atoms with Gasteiger partial charge in [0.25, 0.3) is 0 Å². The number of hydrogen-bond acceptors (Lipinski definition) is 3. The van der Waals surface area contributed by atoms with Crippen molar-refractivity contribution in [3.8, 4) is 0 Å². The van der Waals surface area contributed by atoms with Crippen molar-refractivity contribution in [3.05, 3.63) is 0 Å². The minimum atomic E-state index is -0.267. The van der Waals surface area contributed by atoms with Crippen LogP contribution in [0.1, 0.15) is 32.1 Å². The molecule has 4 rings (SSSR count). The van der Waals surface area contributed by atoms with Crippen molar-refractivity contribution in [2.75, 3.05) is 20.1 Å². The molecule has 0 aliphatic heterocycles. The number of nitrogens with two attached hydrogens (primary N) is 1. The summed E-state index contributed by atoms with van der Waals surface area (Å²) in [5.74, 6) is 2.94. The molecule has 0 aromatic rings. The van der Waals surface area contributed by atoms with Gasteiger partial charge in [0.05, 0.1) is 13.1 Å². The fourth-order valence-electron chi connectivity index (χ4n) is 5.07. The lowest BCUT2D eigenvalue weighted by Crippen LogP contribution is -2.57. The SMILES string of the molecule is CN(C(=O)CNC(=O)CN)C1C2CC3CC(C2)CC1C3. The van der Waals surface area contributed by atoms with E-state index in [0.29, 0.717) is 17.9 Å². The van der Waals surface area contributed by atoms with Crippen LogP contribution < -0.4 is 11.1 Å². The Morgan fingerprint density at radius 3 is 2.15 bits per heavy atom. The number of carbonyl (C=O) groups excluding carboxylic acids is 2. The molecule has 0 saturated heterocycles. The monoisotopic (exact) mass is 279 g/mol. The van der Waals surface area contributed by atoms with Gasteiger partial charge >= 0.3 is 0 Å². The van der Waals surface area contributed by atoms with Crippen LogP contribution in [-0.4, -0.2) is 42.9 Å². The van der Waals surface area contributed by atoms with Crippen LogP contribution in [0.3, 0.4) is 0 Å². The fraction of sp³-hybridized carbons (Fsp3) is 0.867. The second kappa shape index (κ2) is 5.35. The fourth-order valence-corrected chi connectivity index (χ4v) is 5.07. The van der Waals surface area contributed by atoms with Crippen molar-refractivity contribution < 1.29 is 9.59 Å². The third-order valence-corrected chi connectivity index (χ3v) is 5.64. The van der Waals surface area contributed by atoms with E-state index in [2.05, 4.69) is 5.32 Å². The van der Waals surface area contributed by atoms with Crippen LogP contribution >= 0.6 is 0 Å². The number of likely N-dealkylation sites (N-methyl/N-ethyl adjacent to an activating group) is 1. The average Bonchev–Trinajstić information content (AvgIpc) is 2.42. The lowest BCUT2D eigenvalue weighted by Gasteiger charge is -2.56. The Labute approximate surface area is 120 Å². The highest BCUT2D eigenvalue weighted by Crippen LogP contribution is 2.54. The predicted octanol–water partition coefficient (Wildman–Crippen LogP) is 0.344. The number of nitrogens with zero attached hydrogens (tertiary/aromatic N) is 1. The van der Waals surface area contributed by atoms with Crippen LogP contribution in [0.2, 0.25) is 0 Å². The molecule has 4 saturated carbocycles. The van der Waals surface area contributed by atoms with E-state index in [1.807, 2.05) is 11.9 Å². The molecule has 0 aromatic carbocycles. The average molecular weight is 279 g/mol. The van der Waals surface area contributed by atoms with Crippen molar-refractivity contribution >= 4 is 11.8 Å². The molecule has 2 amide bonds. The molecule has 20 heavy (non-hydrogen) atoms. The van der Waals surface area contributed by atoms with Gasteiger partial charge in [0.1, 0.15) is 0 Å². The minimum Gasteiger partial charge on any atom is -0.346 e. The van der Waals surface area contributed by atoms with Gasteiger partial charge in [-0.2, -0.15) is 0 Å². The summed E-state index contributed by atoms with van der Waals surface area (Å²) in [6.45, 7) is 0.0182. The highest BCUT2D eigenvalue weighted by atomic mass is 16.2. The molecule has 4 aliphatic rings. The van der Waals surface area contributed by atoms with E-state index >= 15 is 0 Å². The zero-order valence-corrected chi connectivity index (χ0v) is 12.2. The zero-order chi connectivity index (χ0) is 14.3. The summed E-state index contributed by atoms with van der Waals surface area (Å²) in [4.78, 5) is 25.3. The molecular weight excluding hydrogens is 254 g/mol. The quantitative estimate of drug-likeness (QED) is 0.779. The van der Waals surface area contributed by atoms with Gasteiger partial charge in [-0.1, -0.05) is 0 Å². The molecule has 0 radical (unpaired) electrons. The first-order chi connectivity index (χ1) is 9.58. The smallest absolute Gasteiger partial charge is 0.241 e. The predicted molar refractivity (Wildman–Crippen MR) is 75.7 cm³/mol. The number of amides is 2. The molecule has 0 spiro atoms. The van der Waals surface area contributed by atoms with E-state index in [4.69, 9.17) is 5.73 Å². The Hall–Kier alpha value is -1.10. The van der Waals surface area contributed by atoms with E-state index < -0.39 is 0 Å². The number of nitrogens with one attached hydrogen (secondary N) is 1. The summed E-state index contributed by atoms with van der Waals surface area (Å²) in [5, 5.41) is 2.58. The highest BCUT2D eigenvalue weighted by molar-refractivity contribution is 5.85. The maximum Gasteiger partial charge on any atom is 0.241 e. The molecule has 0 aromatic heterocycles. The largest absolute Gasteiger partial charge is 0.346 e. The first-order valence-electron chi connectivity index (χ1n) is 7.81. The van der Waals surface area contributed by atoms with Crippen molar-refractivity contribution in [2.24, 2.45) is 29.4 Å². The summed E-state index contributed by atoms with van der Waals surface area (Å²) >= 11 is 0. The third kappa shape index (κ3) is 2.43. The summed E-state index contributed by atoms with van der Waals surface area (Å²) in [6.07, 6.45) is 6.60. The first-order valence-corrected chi connectivity index (χ1v) is 7.81. The van der Waals surface area contributed by atoms with E-state index in [1.165, 1.54) is 32.1 Å². The van der Waals surface area contributed by atoms with Crippen molar-refractivity contribution in [3.63, 3.8) is 0 Å². The number of rotatable bonds is 4. The normalized spacial score (nSPS) is 37.8. The van der Waals surface area contributed by atoms with Gasteiger partial charge in [-0.25, -0.2) is 0 Å². The van der Waals surface area contributed by atoms with E-state index in [9.17, 15) is 9.59 Å². The van der Waals surface area contributed by atoms with Crippen molar-refractivity contribution in [2.45, 2.75) is 38.1 Å². The van der Waals surface area contributed by atoms with E-state index in [-0.39, 0.29) is 24.9 Å². The standard InChI is InChI=1S/C15H25N3O2/c1-18(14(20)8-17-13(19)7-16)15-11-3-9-2-10(5-11)6-12(15)4-9/h9-12,15H,2-8,16H2,1H3,(H,17,19). The number of carbonyl (C=O) groups is 2. The van der Waals surface area contributed by atoms with E-state index in [0.717, 1.165) is 11.8 Å². The Bertz CT molecular complexity index is 382. The Kier molecular flexibility index (Phi) is 3.71. The molecule has 0 unspecified atom stereocenters. The Morgan fingerprint density at radius 2 is 1.65 bits per heavy atom. The second-order valence-electron chi connectivity index (χ2n) is 6.91. The van der Waals surface area contributed by atoms with Gasteiger partial charge in [-0.3, -0.25) is 9.59 Å². The molecular formula is C15H25N3O2. The Morgan fingerprint density at radius 1 is 1.10 bits per heavy atom. The molecule has 4 fully saturated rings. The summed E-state index contributed by atoms with van der Waals surface area (Å²) in [7, 11) is 1.91. The molecule has 3 N–H and O–H groups in total. The van der Waals surface area contributed by atoms with Crippen LogP contribution in [0, 0.1) is 23.7 Å². The number of hydrogen-bond donors (Lipinski definition) is 2. The van der Waals surface area contributed by atoms with Crippen LogP contribution in [0.5, 0.6) is 0 Å². The van der Waals surface area contributed by atoms with Crippen LogP contribution in [0.25, 0.3) is 0 Å². The van der Waals surface area contributed by atoms with Crippen molar-refractivity contribution in [1.29, 1.82) is 0 Å². The summed E-state index contributed by atoms with van der Waals surface area (Å²) in [5.41, 5.74) is 5.24. The van der Waals surface area contributed by atoms with Crippen LogP contribution in [0.4, 0.5) is 0 Å². The van der Waals surface area contributed by atoms with Gasteiger partial charge in [0.15, 0.2) is 0 Å². The molecule has 0 heterocycles. The van der Waals surface area contributed by atoms with Gasteiger partial charge in [-0.15, -0.1) is 0 Å². The van der Waals surface area contributed by atoms with Crippen molar-refractivity contribution in [1.82, 2.24) is 10.2 Å². The van der Waals surface area contributed by atoms with Crippen LogP contribution in [0.15, 0.2) is 0 Å². The summed E-state index contributed by atoms with van der Waals surface area (Å²) in [6, 6.07) is 0.394. The third-order valence-electron chi connectivity index (χ3n) is 5.64. The first kappa shape index (κ1) is 13.9. The molecule has 5 nitrogen and oxygen atoms in total. The van der Waals surface area contributed by atoms with E-state index in [1.54, 1.807) is 0 Å². The molecule has 4 aliphatic carbocycles. The van der Waals surface area contributed by atoms with Crippen LogP contribution in [-0.2, 0) is 9.59 Å². The maximum atomic E-state index is 12.3. The van der Waals surface area contributed by atoms with Gasteiger partial charge in [0, 0.05) is 13.1 Å². The highest BCUT2D eigenvalue weighted by Gasteiger charge is 2.50. The lowest BCUT2D eigenvalue weighted by atomic mass is 9.54.